The number of hydrogen-bond acceptors (Lipinski definition) is 11. The number of carbonyl (C=O) groups excluding carboxylic acids is 1. The summed E-state index contributed by atoms with van der Waals surface area (Å²) in [5.41, 5.74) is 12.3. The van der Waals surface area contributed by atoms with Crippen molar-refractivity contribution >= 4 is 45.4 Å². The smallest absolute Gasteiger partial charge is 0.411 e. The fourth-order valence-corrected chi connectivity index (χ4v) is 7.09. The highest BCUT2D eigenvalue weighted by molar-refractivity contribution is 7.14. The zero-order chi connectivity index (χ0) is 34.9. The summed E-state index contributed by atoms with van der Waals surface area (Å²) in [6, 6.07) is 23.7. The first kappa shape index (κ1) is 34.8. The van der Waals surface area contributed by atoms with Crippen LogP contribution >= 0.6 is 11.3 Å². The third-order valence-electron chi connectivity index (χ3n) is 8.83. The number of likely N-dealkylation sites (tertiary alicyclic amines) is 1. The van der Waals surface area contributed by atoms with E-state index >= 15 is 0 Å². The van der Waals surface area contributed by atoms with Gasteiger partial charge in [0.1, 0.15) is 17.5 Å². The van der Waals surface area contributed by atoms with Crippen LogP contribution in [-0.2, 0) is 11.3 Å². The van der Waals surface area contributed by atoms with Gasteiger partial charge < -0.3 is 35.5 Å². The number of piperidine rings is 1. The minimum Gasteiger partial charge on any atom is -0.506 e. The molecule has 0 saturated carbocycles. The number of aromatic hydroxyl groups is 1. The van der Waals surface area contributed by atoms with Crippen molar-refractivity contribution in [1.29, 1.82) is 5.53 Å². The molecule has 1 fully saturated rings. The number of pyridine rings is 1. The topological polar surface area (TPSA) is 175 Å². The van der Waals surface area contributed by atoms with E-state index < -0.39 is 12.2 Å². The zero-order valence-electron chi connectivity index (χ0n) is 27.5. The number of hydrogen-bond donors (Lipinski definition) is 7. The van der Waals surface area contributed by atoms with Crippen LogP contribution in [0.1, 0.15) is 36.5 Å². The third-order valence-corrected chi connectivity index (χ3v) is 9.79. The van der Waals surface area contributed by atoms with Gasteiger partial charge in [0.2, 0.25) is 5.56 Å². The molecule has 0 bridgehead atoms. The number of carbonyl (C=O) groups is 1. The predicted octanol–water partition coefficient (Wildman–Crippen LogP) is 6.96. The monoisotopic (exact) mass is 695 g/mol. The molecule has 0 radical (unpaired) electrons. The van der Waals surface area contributed by atoms with Gasteiger partial charge in [-0.2, -0.15) is 5.11 Å². The summed E-state index contributed by atoms with van der Waals surface area (Å²) >= 11 is 1.59. The second-order valence-corrected chi connectivity index (χ2v) is 13.2. The summed E-state index contributed by atoms with van der Waals surface area (Å²) in [7, 11) is 0. The maximum atomic E-state index is 12.7. The number of amides is 1. The lowest BCUT2D eigenvalue weighted by Crippen LogP contribution is -2.39. The second kappa shape index (κ2) is 16.5. The number of aromatic amines is 1. The number of aliphatic hydroxyl groups is 1. The van der Waals surface area contributed by atoms with Crippen LogP contribution in [0.2, 0.25) is 0 Å². The number of rotatable bonds is 14. The average Bonchev–Trinajstić information content (AvgIpc) is 3.59. The van der Waals surface area contributed by atoms with Crippen molar-refractivity contribution in [3.8, 4) is 16.2 Å². The van der Waals surface area contributed by atoms with Crippen LogP contribution in [0.4, 0.5) is 21.9 Å². The van der Waals surface area contributed by atoms with Crippen LogP contribution in [0.5, 0.6) is 5.75 Å². The molecule has 1 amide bonds. The minimum atomic E-state index is -0.867. The summed E-state index contributed by atoms with van der Waals surface area (Å²) in [5.74, 6) is -0.0526. The summed E-state index contributed by atoms with van der Waals surface area (Å²) in [6.45, 7) is 4.05. The van der Waals surface area contributed by atoms with Gasteiger partial charge in [0, 0.05) is 44.2 Å². The van der Waals surface area contributed by atoms with Crippen molar-refractivity contribution in [3.05, 3.63) is 106 Å². The van der Waals surface area contributed by atoms with E-state index in [0.717, 1.165) is 72.8 Å². The van der Waals surface area contributed by atoms with Gasteiger partial charge in [0.05, 0.1) is 27.9 Å². The molecule has 7 N–H and O–H groups in total. The van der Waals surface area contributed by atoms with Crippen molar-refractivity contribution in [2.75, 3.05) is 43.4 Å². The van der Waals surface area contributed by atoms with Gasteiger partial charge in [0.15, 0.2) is 0 Å². The van der Waals surface area contributed by atoms with Crippen LogP contribution < -0.4 is 21.5 Å². The molecule has 3 aromatic carbocycles. The van der Waals surface area contributed by atoms with E-state index in [0.29, 0.717) is 28.7 Å². The van der Waals surface area contributed by atoms with E-state index in [4.69, 9.17) is 10.3 Å². The molecule has 1 aliphatic rings. The van der Waals surface area contributed by atoms with Gasteiger partial charge in [-0.1, -0.05) is 42.5 Å². The van der Waals surface area contributed by atoms with Crippen molar-refractivity contribution in [3.63, 3.8) is 0 Å². The fourth-order valence-electron chi connectivity index (χ4n) is 6.23. The first-order chi connectivity index (χ1) is 24.4. The Kier molecular flexibility index (Phi) is 11.5. The standard InChI is InChI=1S/C37H41N7O5S/c38-43-31-21-24(22-39-23-33(46)27-8-11-32(45)35-28(27)9-12-34(47)42-35)7-10-29(31)40-16-4-17-44-18-13-26(14-19-44)49-37(48)41-30-15-20-50-36(30)25-5-2-1-3-6-25/h1-3,5-12,15,20-21,26,33,38-40,45-46H,4,13-14,16-19,22-23H2,(H,41,48)(H,42,47)/t33-/m0/s1. The number of phenolic OH excluding ortho intramolecular Hbond substituents is 1. The number of anilines is 2. The molecule has 260 valence electrons. The molecule has 6 rings (SSSR count). The predicted molar refractivity (Wildman–Crippen MR) is 197 cm³/mol. The molecule has 1 atom stereocenters. The van der Waals surface area contributed by atoms with Gasteiger partial charge in [-0.3, -0.25) is 10.1 Å². The molecule has 5 aromatic rings. The number of phenols is 1. The Bertz CT molecular complexity index is 1970. The number of fused-ring (bicyclic) bond motifs is 1. The van der Waals surface area contributed by atoms with Crippen molar-refractivity contribution in [2.45, 2.75) is 38.0 Å². The summed E-state index contributed by atoms with van der Waals surface area (Å²) in [6.07, 6.45) is 1.09. The lowest BCUT2D eigenvalue weighted by molar-refractivity contribution is 0.0589. The molecule has 0 spiro atoms. The number of nitrogens with zero attached hydrogens (tertiary/aromatic N) is 2. The maximum absolute atomic E-state index is 12.7. The molecular formula is C37H41N7O5S. The molecular weight excluding hydrogens is 655 g/mol. The molecule has 1 aliphatic heterocycles. The highest BCUT2D eigenvalue weighted by atomic mass is 32.1. The van der Waals surface area contributed by atoms with Crippen LogP contribution in [0.15, 0.2) is 94.2 Å². The van der Waals surface area contributed by atoms with Crippen molar-refractivity contribution in [2.24, 2.45) is 5.11 Å². The third kappa shape index (κ3) is 8.74. The number of thiophene rings is 1. The highest BCUT2D eigenvalue weighted by Crippen LogP contribution is 2.34. The molecule has 3 heterocycles. The van der Waals surface area contributed by atoms with Crippen molar-refractivity contribution in [1.82, 2.24) is 15.2 Å². The van der Waals surface area contributed by atoms with Gasteiger partial charge >= 0.3 is 6.09 Å². The molecule has 1 saturated heterocycles. The van der Waals surface area contributed by atoms with Crippen molar-refractivity contribution < 1.29 is 19.7 Å². The Morgan fingerprint density at radius 3 is 2.68 bits per heavy atom. The fraction of sp³-hybridized carbons (Fsp3) is 0.297. The van der Waals surface area contributed by atoms with E-state index in [1.54, 1.807) is 23.5 Å². The Balaban J connectivity index is 0.897. The maximum Gasteiger partial charge on any atom is 0.411 e. The summed E-state index contributed by atoms with van der Waals surface area (Å²) < 4.78 is 5.75. The van der Waals surface area contributed by atoms with E-state index in [2.05, 4.69) is 30.9 Å². The highest BCUT2D eigenvalue weighted by Gasteiger charge is 2.23. The zero-order valence-corrected chi connectivity index (χ0v) is 28.3. The molecule has 13 heteroatoms. The van der Waals surface area contributed by atoms with E-state index in [9.17, 15) is 19.8 Å². The van der Waals surface area contributed by atoms with Crippen LogP contribution in [0.3, 0.4) is 0 Å². The Hall–Kier alpha value is -5.08. The SMILES string of the molecule is N=Nc1cc(CNC[C@H](O)c2ccc(O)c3[nH]c(=O)ccc23)ccc1NCCCN1CCC(OC(=O)Nc2ccsc2-c2ccccc2)CC1. The number of nitrogens with one attached hydrogen (secondary N) is 5. The molecule has 2 aromatic heterocycles. The van der Waals surface area contributed by atoms with Crippen LogP contribution in [0.25, 0.3) is 21.3 Å². The molecule has 12 nitrogen and oxygen atoms in total. The average molecular weight is 696 g/mol. The molecule has 0 aliphatic carbocycles. The van der Waals surface area contributed by atoms with E-state index in [-0.39, 0.29) is 24.0 Å². The van der Waals surface area contributed by atoms with E-state index in [1.165, 1.54) is 12.1 Å². The Morgan fingerprint density at radius 1 is 1.06 bits per heavy atom. The number of aliphatic hydroxyl groups excluding tert-OH is 1. The molecule has 50 heavy (non-hydrogen) atoms. The summed E-state index contributed by atoms with van der Waals surface area (Å²) in [4.78, 5) is 30.3. The lowest BCUT2D eigenvalue weighted by Gasteiger charge is -2.31. The minimum absolute atomic E-state index is 0.0526. The number of benzene rings is 3. The van der Waals surface area contributed by atoms with Crippen LogP contribution in [0, 0.1) is 5.53 Å². The quantitative estimate of drug-likeness (QED) is 0.0482. The Morgan fingerprint density at radius 2 is 1.88 bits per heavy atom. The lowest BCUT2D eigenvalue weighted by atomic mass is 10.0. The largest absolute Gasteiger partial charge is 0.506 e. The van der Waals surface area contributed by atoms with Gasteiger partial charge in [0.25, 0.3) is 0 Å². The first-order valence-corrected chi connectivity index (χ1v) is 17.6. The Labute approximate surface area is 293 Å². The normalized spacial score (nSPS) is 14.3. The van der Waals surface area contributed by atoms with Crippen LogP contribution in [-0.4, -0.2) is 65.0 Å². The van der Waals surface area contributed by atoms with Gasteiger partial charge in [-0.05, 0) is 78.2 Å². The van der Waals surface area contributed by atoms with Gasteiger partial charge in [-0.25, -0.2) is 10.3 Å². The number of H-pyrrole nitrogens is 1. The summed E-state index contributed by atoms with van der Waals surface area (Å²) in [5, 5.41) is 36.8. The first-order valence-electron chi connectivity index (χ1n) is 16.7. The number of ether oxygens (including phenoxy) is 1. The van der Waals surface area contributed by atoms with E-state index in [1.807, 2.05) is 60.0 Å². The number of aromatic nitrogens is 1. The second-order valence-electron chi connectivity index (χ2n) is 12.3. The van der Waals surface area contributed by atoms with Gasteiger partial charge in [-0.15, -0.1) is 11.3 Å². The molecule has 0 unspecified atom stereocenters.